The van der Waals surface area contributed by atoms with E-state index in [1.807, 2.05) is 0 Å². The van der Waals surface area contributed by atoms with Gasteiger partial charge in [0.25, 0.3) is 5.69 Å². The van der Waals surface area contributed by atoms with E-state index in [0.29, 0.717) is 18.5 Å². The maximum atomic E-state index is 10.6. The number of nitro groups is 1. The van der Waals surface area contributed by atoms with Gasteiger partial charge in [0.1, 0.15) is 6.26 Å². The molecule has 6 nitrogen and oxygen atoms in total. The molecule has 0 bridgehead atoms. The lowest BCUT2D eigenvalue weighted by Gasteiger charge is -1.97. The number of oxazole rings is 1. The van der Waals surface area contributed by atoms with Crippen molar-refractivity contribution in [2.24, 2.45) is 0 Å². The van der Waals surface area contributed by atoms with Crippen LogP contribution in [0.25, 0.3) is 11.5 Å². The van der Waals surface area contributed by atoms with Gasteiger partial charge < -0.3 is 9.73 Å². The monoisotopic (exact) mass is 259 g/mol. The van der Waals surface area contributed by atoms with Gasteiger partial charge >= 0.3 is 0 Å². The molecule has 98 valence electrons. The highest BCUT2D eigenvalue weighted by molar-refractivity contribution is 5.55. The second-order valence-electron chi connectivity index (χ2n) is 4.60. The molecule has 0 unspecified atom stereocenters. The van der Waals surface area contributed by atoms with Crippen molar-refractivity contribution in [3.05, 3.63) is 46.3 Å². The van der Waals surface area contributed by atoms with Crippen LogP contribution in [0, 0.1) is 10.1 Å². The molecule has 0 amide bonds. The van der Waals surface area contributed by atoms with Gasteiger partial charge in [-0.15, -0.1) is 0 Å². The molecule has 0 spiro atoms. The van der Waals surface area contributed by atoms with Crippen LogP contribution in [0.15, 0.2) is 34.9 Å². The summed E-state index contributed by atoms with van der Waals surface area (Å²) in [6.45, 7) is 0.696. The first kappa shape index (κ1) is 11.9. The molecule has 1 aliphatic rings. The van der Waals surface area contributed by atoms with Crippen LogP contribution in [0.3, 0.4) is 0 Å². The van der Waals surface area contributed by atoms with Crippen molar-refractivity contribution in [3.8, 4) is 11.5 Å². The Morgan fingerprint density at radius 1 is 1.37 bits per heavy atom. The van der Waals surface area contributed by atoms with E-state index in [1.165, 1.54) is 25.0 Å². The first-order valence-electron chi connectivity index (χ1n) is 6.15. The fraction of sp³-hybridized carbons (Fsp3) is 0.308. The second-order valence-corrected chi connectivity index (χ2v) is 4.60. The molecule has 6 heteroatoms. The lowest BCUT2D eigenvalue weighted by atomic mass is 10.2. The highest BCUT2D eigenvalue weighted by atomic mass is 16.6. The summed E-state index contributed by atoms with van der Waals surface area (Å²) in [5, 5.41) is 13.9. The van der Waals surface area contributed by atoms with E-state index in [2.05, 4.69) is 10.3 Å². The Morgan fingerprint density at radius 2 is 2.11 bits per heavy atom. The SMILES string of the molecule is O=[N+]([O-])c1ccc(-c2nc(CNC3CC3)co2)cc1. The van der Waals surface area contributed by atoms with E-state index in [0.717, 1.165) is 11.3 Å². The summed E-state index contributed by atoms with van der Waals surface area (Å²) in [6.07, 6.45) is 4.08. The van der Waals surface area contributed by atoms with Crippen molar-refractivity contribution in [1.82, 2.24) is 10.3 Å². The number of hydrogen-bond donors (Lipinski definition) is 1. The van der Waals surface area contributed by atoms with Gasteiger partial charge in [0, 0.05) is 30.3 Å². The molecule has 1 heterocycles. The zero-order valence-corrected chi connectivity index (χ0v) is 10.2. The first-order valence-corrected chi connectivity index (χ1v) is 6.15. The Kier molecular flexibility index (Phi) is 3.00. The van der Waals surface area contributed by atoms with Crippen LogP contribution in [0.5, 0.6) is 0 Å². The highest BCUT2D eigenvalue weighted by Crippen LogP contribution is 2.23. The first-order chi connectivity index (χ1) is 9.22. The van der Waals surface area contributed by atoms with Crippen LogP contribution in [-0.2, 0) is 6.54 Å². The molecule has 1 saturated carbocycles. The maximum absolute atomic E-state index is 10.6. The highest BCUT2D eigenvalue weighted by Gasteiger charge is 2.20. The number of hydrogen-bond acceptors (Lipinski definition) is 5. The quantitative estimate of drug-likeness (QED) is 0.659. The van der Waals surface area contributed by atoms with Crippen LogP contribution in [0.1, 0.15) is 18.5 Å². The third kappa shape index (κ3) is 2.79. The van der Waals surface area contributed by atoms with Gasteiger partial charge in [0.05, 0.1) is 10.6 Å². The van der Waals surface area contributed by atoms with E-state index in [4.69, 9.17) is 4.42 Å². The van der Waals surface area contributed by atoms with Gasteiger partial charge in [-0.2, -0.15) is 0 Å². The van der Waals surface area contributed by atoms with Gasteiger partial charge in [-0.25, -0.2) is 4.98 Å². The standard InChI is InChI=1S/C13H13N3O3/c17-16(18)12-5-1-9(2-6-12)13-15-11(8-19-13)7-14-10-3-4-10/h1-2,5-6,8,10,14H,3-4,7H2. The van der Waals surface area contributed by atoms with Gasteiger partial charge in [-0.05, 0) is 25.0 Å². The number of benzene rings is 1. The van der Waals surface area contributed by atoms with Crippen LogP contribution in [0.4, 0.5) is 5.69 Å². The molecule has 1 aromatic carbocycles. The lowest BCUT2D eigenvalue weighted by molar-refractivity contribution is -0.384. The fourth-order valence-corrected chi connectivity index (χ4v) is 1.78. The molecule has 1 N–H and O–H groups in total. The molecular weight excluding hydrogens is 246 g/mol. The van der Waals surface area contributed by atoms with Gasteiger partial charge in [0.15, 0.2) is 0 Å². The molecule has 0 aliphatic heterocycles. The Labute approximate surface area is 109 Å². The van der Waals surface area contributed by atoms with Crippen LogP contribution in [-0.4, -0.2) is 15.9 Å². The molecule has 1 aromatic heterocycles. The predicted molar refractivity (Wildman–Crippen MR) is 68.5 cm³/mol. The third-order valence-corrected chi connectivity index (χ3v) is 3.03. The summed E-state index contributed by atoms with van der Waals surface area (Å²) in [5.41, 5.74) is 1.65. The number of rotatable bonds is 5. The molecule has 1 fully saturated rings. The largest absolute Gasteiger partial charge is 0.444 e. The molecule has 0 saturated heterocycles. The van der Waals surface area contributed by atoms with Crippen LogP contribution < -0.4 is 5.32 Å². The maximum Gasteiger partial charge on any atom is 0.269 e. The molecule has 0 radical (unpaired) electrons. The van der Waals surface area contributed by atoms with E-state index in [9.17, 15) is 10.1 Å². The average Bonchev–Trinajstić information content (AvgIpc) is 3.13. The zero-order chi connectivity index (χ0) is 13.2. The van der Waals surface area contributed by atoms with Gasteiger partial charge in [-0.3, -0.25) is 10.1 Å². The lowest BCUT2D eigenvalue weighted by Crippen LogP contribution is -2.15. The number of nitro benzene ring substituents is 1. The van der Waals surface area contributed by atoms with Crippen molar-refractivity contribution in [1.29, 1.82) is 0 Å². The molecule has 19 heavy (non-hydrogen) atoms. The smallest absolute Gasteiger partial charge is 0.269 e. The number of nitrogens with zero attached hydrogens (tertiary/aromatic N) is 2. The average molecular weight is 259 g/mol. The fourth-order valence-electron chi connectivity index (χ4n) is 1.78. The molecule has 1 aliphatic carbocycles. The minimum Gasteiger partial charge on any atom is -0.444 e. The summed E-state index contributed by atoms with van der Waals surface area (Å²) in [4.78, 5) is 14.5. The van der Waals surface area contributed by atoms with Gasteiger partial charge in [0.2, 0.25) is 5.89 Å². The number of non-ortho nitro benzene ring substituents is 1. The summed E-state index contributed by atoms with van der Waals surface area (Å²) in [5.74, 6) is 0.488. The topological polar surface area (TPSA) is 81.2 Å². The Morgan fingerprint density at radius 3 is 2.74 bits per heavy atom. The van der Waals surface area contributed by atoms with E-state index < -0.39 is 4.92 Å². The minimum atomic E-state index is -0.426. The summed E-state index contributed by atoms with van der Waals surface area (Å²) < 4.78 is 5.38. The Balaban J connectivity index is 1.71. The summed E-state index contributed by atoms with van der Waals surface area (Å²) >= 11 is 0. The number of aromatic nitrogens is 1. The van der Waals surface area contributed by atoms with Crippen molar-refractivity contribution in [3.63, 3.8) is 0 Å². The molecule has 3 rings (SSSR count). The van der Waals surface area contributed by atoms with Crippen molar-refractivity contribution in [2.45, 2.75) is 25.4 Å². The second kappa shape index (κ2) is 4.81. The van der Waals surface area contributed by atoms with Crippen LogP contribution >= 0.6 is 0 Å². The predicted octanol–water partition coefficient (Wildman–Crippen LogP) is 2.50. The van der Waals surface area contributed by atoms with Crippen molar-refractivity contribution >= 4 is 5.69 Å². The Bertz CT molecular complexity index is 587. The van der Waals surface area contributed by atoms with E-state index in [-0.39, 0.29) is 5.69 Å². The Hall–Kier alpha value is -2.21. The van der Waals surface area contributed by atoms with Gasteiger partial charge in [-0.1, -0.05) is 0 Å². The van der Waals surface area contributed by atoms with E-state index in [1.54, 1.807) is 18.4 Å². The molecule has 0 atom stereocenters. The third-order valence-electron chi connectivity index (χ3n) is 3.03. The summed E-state index contributed by atoms with van der Waals surface area (Å²) in [6, 6.07) is 6.80. The minimum absolute atomic E-state index is 0.0610. The molecule has 2 aromatic rings. The van der Waals surface area contributed by atoms with Crippen molar-refractivity contribution in [2.75, 3.05) is 0 Å². The molecular formula is C13H13N3O3. The van der Waals surface area contributed by atoms with E-state index >= 15 is 0 Å². The number of nitrogens with one attached hydrogen (secondary N) is 1. The normalized spacial score (nSPS) is 14.5. The van der Waals surface area contributed by atoms with Crippen molar-refractivity contribution < 1.29 is 9.34 Å². The van der Waals surface area contributed by atoms with Crippen LogP contribution in [0.2, 0.25) is 0 Å². The zero-order valence-electron chi connectivity index (χ0n) is 10.2. The summed E-state index contributed by atoms with van der Waals surface area (Å²) in [7, 11) is 0.